The zero-order valence-corrected chi connectivity index (χ0v) is 22.5. The van der Waals surface area contributed by atoms with Gasteiger partial charge in [0.1, 0.15) is 29.9 Å². The summed E-state index contributed by atoms with van der Waals surface area (Å²) in [4.78, 5) is 12.9. The number of nitrogens with zero attached hydrogens (tertiary/aromatic N) is 2. The summed E-state index contributed by atoms with van der Waals surface area (Å²) in [6.45, 7) is 0.552. The van der Waals surface area contributed by atoms with Crippen LogP contribution in [0.5, 0.6) is 17.2 Å². The predicted molar refractivity (Wildman–Crippen MR) is 144 cm³/mol. The van der Waals surface area contributed by atoms with Gasteiger partial charge >= 0.3 is 0 Å². The second-order valence-corrected chi connectivity index (χ2v) is 10.8. The van der Waals surface area contributed by atoms with Gasteiger partial charge in [0.2, 0.25) is 10.0 Å². The number of halogens is 1. The highest BCUT2D eigenvalue weighted by atomic mass is 35.5. The second-order valence-electron chi connectivity index (χ2n) is 8.50. The van der Waals surface area contributed by atoms with Crippen LogP contribution in [0.2, 0.25) is 5.02 Å². The predicted octanol–water partition coefficient (Wildman–Crippen LogP) is 4.24. The van der Waals surface area contributed by atoms with Crippen LogP contribution >= 0.6 is 11.6 Å². The average Bonchev–Trinajstić information content (AvgIpc) is 3.44. The lowest BCUT2D eigenvalue weighted by Crippen LogP contribution is -2.44. The van der Waals surface area contributed by atoms with Crippen molar-refractivity contribution in [3.63, 3.8) is 0 Å². The number of hydrazone groups is 1. The molecular weight excluding hydrogens is 530 g/mol. The van der Waals surface area contributed by atoms with E-state index in [0.29, 0.717) is 41.7 Å². The van der Waals surface area contributed by atoms with E-state index >= 15 is 0 Å². The molecule has 1 heterocycles. The lowest BCUT2D eigenvalue weighted by molar-refractivity contribution is -0.124. The van der Waals surface area contributed by atoms with Gasteiger partial charge in [-0.25, -0.2) is 13.8 Å². The van der Waals surface area contributed by atoms with Crippen molar-refractivity contribution in [3.05, 3.63) is 82.9 Å². The number of methoxy groups -OCH3 is 2. The maximum Gasteiger partial charge on any atom is 0.258 e. The molecule has 3 aromatic carbocycles. The van der Waals surface area contributed by atoms with Crippen molar-refractivity contribution in [3.8, 4) is 17.2 Å². The van der Waals surface area contributed by atoms with Gasteiger partial charge in [0.25, 0.3) is 5.91 Å². The number of benzene rings is 3. The molecular formula is C27H28ClN3O6S. The molecule has 1 saturated heterocycles. The molecule has 1 aliphatic heterocycles. The molecule has 1 amide bonds. The van der Waals surface area contributed by atoms with Gasteiger partial charge in [0, 0.05) is 17.1 Å². The maximum absolute atomic E-state index is 13.0. The molecule has 3 aromatic rings. The lowest BCUT2D eigenvalue weighted by Gasteiger charge is -2.22. The number of hydrogen-bond acceptors (Lipinski definition) is 7. The van der Waals surface area contributed by atoms with E-state index in [-0.39, 0.29) is 11.4 Å². The Bertz CT molecular complexity index is 1400. The summed E-state index contributed by atoms with van der Waals surface area (Å²) in [7, 11) is -0.635. The van der Waals surface area contributed by atoms with Gasteiger partial charge in [0.05, 0.1) is 25.3 Å². The molecule has 0 bridgehead atoms. The lowest BCUT2D eigenvalue weighted by atomic mass is 10.2. The van der Waals surface area contributed by atoms with Crippen LogP contribution in [-0.4, -0.2) is 51.7 Å². The Morgan fingerprint density at radius 1 is 1.05 bits per heavy atom. The van der Waals surface area contributed by atoms with Gasteiger partial charge in [-0.15, -0.1) is 0 Å². The minimum atomic E-state index is -3.83. The van der Waals surface area contributed by atoms with E-state index in [1.807, 2.05) is 18.2 Å². The summed E-state index contributed by atoms with van der Waals surface area (Å²) in [5.41, 5.74) is 4.04. The Labute approximate surface area is 227 Å². The molecule has 1 aliphatic rings. The maximum atomic E-state index is 13.0. The molecule has 0 saturated carbocycles. The zero-order valence-electron chi connectivity index (χ0n) is 21.0. The summed E-state index contributed by atoms with van der Waals surface area (Å²) in [5, 5.41) is 4.45. The third-order valence-corrected chi connectivity index (χ3v) is 8.25. The number of hydrogen-bond donors (Lipinski definition) is 1. The first-order chi connectivity index (χ1) is 18.3. The summed E-state index contributed by atoms with van der Waals surface area (Å²) in [6, 6.07) is 17.7. The van der Waals surface area contributed by atoms with Gasteiger partial charge in [-0.2, -0.15) is 9.41 Å². The highest BCUT2D eigenvalue weighted by molar-refractivity contribution is 7.89. The van der Waals surface area contributed by atoms with E-state index in [4.69, 9.17) is 25.8 Å². The van der Waals surface area contributed by atoms with Crippen molar-refractivity contribution in [1.82, 2.24) is 9.73 Å². The van der Waals surface area contributed by atoms with Crippen LogP contribution in [0, 0.1) is 0 Å². The van der Waals surface area contributed by atoms with Crippen LogP contribution in [0.15, 0.2) is 76.7 Å². The number of sulfonamides is 1. The van der Waals surface area contributed by atoms with Crippen molar-refractivity contribution < 1.29 is 27.4 Å². The van der Waals surface area contributed by atoms with Gasteiger partial charge < -0.3 is 14.2 Å². The second kappa shape index (κ2) is 12.3. The fourth-order valence-electron chi connectivity index (χ4n) is 4.08. The highest BCUT2D eigenvalue weighted by Crippen LogP contribution is 2.27. The first kappa shape index (κ1) is 27.4. The van der Waals surface area contributed by atoms with Crippen LogP contribution in [0.4, 0.5) is 0 Å². The molecule has 0 radical (unpaired) electrons. The van der Waals surface area contributed by atoms with E-state index in [2.05, 4.69) is 10.5 Å². The Kier molecular flexibility index (Phi) is 8.88. The van der Waals surface area contributed by atoms with Crippen molar-refractivity contribution in [2.45, 2.75) is 30.4 Å². The van der Waals surface area contributed by atoms with E-state index in [1.54, 1.807) is 38.5 Å². The standard InChI is InChI=1S/C27H28ClN3O6S/c1-35-23-11-14-26(36-2)20(16-23)18-37-22-9-5-19(6-10-22)17-29-30-27(32)25-4-3-15-31(25)38(33,34)24-12-7-21(28)8-13-24/h5-14,16-17,25H,3-4,15,18H2,1-2H3,(H,30,32)/b29-17-/t25-/m0/s1. The third-order valence-electron chi connectivity index (χ3n) is 6.08. The topological polar surface area (TPSA) is 107 Å². The fraction of sp³-hybridized carbons (Fsp3) is 0.259. The largest absolute Gasteiger partial charge is 0.497 e. The monoisotopic (exact) mass is 557 g/mol. The summed E-state index contributed by atoms with van der Waals surface area (Å²) < 4.78 is 43.8. The Hall–Kier alpha value is -3.60. The zero-order chi connectivity index (χ0) is 27.1. The third kappa shape index (κ3) is 6.45. The summed E-state index contributed by atoms with van der Waals surface area (Å²) in [6.07, 6.45) is 2.48. The average molecular weight is 558 g/mol. The minimum Gasteiger partial charge on any atom is -0.497 e. The molecule has 200 valence electrons. The Balaban J connectivity index is 1.33. The molecule has 0 aromatic heterocycles. The number of rotatable bonds is 10. The molecule has 1 N–H and O–H groups in total. The first-order valence-corrected chi connectivity index (χ1v) is 13.7. The first-order valence-electron chi connectivity index (χ1n) is 11.9. The molecule has 1 atom stereocenters. The number of nitrogens with one attached hydrogen (secondary N) is 1. The van der Waals surface area contributed by atoms with Crippen molar-refractivity contribution in [1.29, 1.82) is 0 Å². The van der Waals surface area contributed by atoms with Crippen LogP contribution in [-0.2, 0) is 21.4 Å². The van der Waals surface area contributed by atoms with Crippen molar-refractivity contribution in [2.75, 3.05) is 20.8 Å². The van der Waals surface area contributed by atoms with Crippen LogP contribution in [0.25, 0.3) is 0 Å². The van der Waals surface area contributed by atoms with Gasteiger partial charge in [0.15, 0.2) is 0 Å². The molecule has 4 rings (SSSR count). The number of carbonyl (C=O) groups excluding carboxylic acids is 1. The van der Waals surface area contributed by atoms with E-state index in [1.165, 1.54) is 34.8 Å². The summed E-state index contributed by atoms with van der Waals surface area (Å²) in [5.74, 6) is 1.57. The molecule has 0 unspecified atom stereocenters. The van der Waals surface area contributed by atoms with E-state index < -0.39 is 22.0 Å². The van der Waals surface area contributed by atoms with Crippen LogP contribution in [0.3, 0.4) is 0 Å². The van der Waals surface area contributed by atoms with E-state index in [9.17, 15) is 13.2 Å². The quantitative estimate of drug-likeness (QED) is 0.295. The fourth-order valence-corrected chi connectivity index (χ4v) is 5.87. The smallest absolute Gasteiger partial charge is 0.258 e. The number of ether oxygens (including phenoxy) is 3. The Morgan fingerprint density at radius 2 is 1.76 bits per heavy atom. The normalized spacial score (nSPS) is 15.9. The van der Waals surface area contributed by atoms with Crippen LogP contribution < -0.4 is 19.6 Å². The van der Waals surface area contributed by atoms with Crippen LogP contribution in [0.1, 0.15) is 24.0 Å². The molecule has 1 fully saturated rings. The minimum absolute atomic E-state index is 0.0947. The van der Waals surface area contributed by atoms with Gasteiger partial charge in [-0.05, 0) is 85.1 Å². The molecule has 38 heavy (non-hydrogen) atoms. The Morgan fingerprint density at radius 3 is 2.45 bits per heavy atom. The summed E-state index contributed by atoms with van der Waals surface area (Å²) >= 11 is 5.88. The molecule has 0 aliphatic carbocycles. The molecule has 11 heteroatoms. The SMILES string of the molecule is COc1ccc(OC)c(COc2ccc(/C=N\NC(=O)[C@@H]3CCCN3S(=O)(=O)c3ccc(Cl)cc3)cc2)c1. The highest BCUT2D eigenvalue weighted by Gasteiger charge is 2.39. The van der Waals surface area contributed by atoms with Gasteiger partial charge in [-0.3, -0.25) is 4.79 Å². The number of carbonyl (C=O) groups is 1. The van der Waals surface area contributed by atoms with E-state index in [0.717, 1.165) is 11.1 Å². The van der Waals surface area contributed by atoms with Crippen molar-refractivity contribution in [2.24, 2.45) is 5.10 Å². The van der Waals surface area contributed by atoms with Crippen molar-refractivity contribution >= 4 is 33.7 Å². The molecule has 0 spiro atoms. The van der Waals surface area contributed by atoms with Gasteiger partial charge in [-0.1, -0.05) is 11.6 Å². The number of amides is 1. The molecule has 9 nitrogen and oxygen atoms in total.